The van der Waals surface area contributed by atoms with Gasteiger partial charge in [-0.15, -0.1) is 0 Å². The molecule has 1 aliphatic rings. The summed E-state index contributed by atoms with van der Waals surface area (Å²) in [5.74, 6) is 0.381. The average Bonchev–Trinajstić information content (AvgIpc) is 3.24. The highest BCUT2D eigenvalue weighted by atomic mass is 35.5. The number of nitrogens with one attached hydrogen (secondary N) is 1. The Balaban J connectivity index is 1.28. The van der Waals surface area contributed by atoms with Crippen LogP contribution in [-0.4, -0.2) is 74.9 Å². The van der Waals surface area contributed by atoms with Gasteiger partial charge in [-0.25, -0.2) is 15.1 Å². The second-order valence-electron chi connectivity index (χ2n) is 8.17. The van der Waals surface area contributed by atoms with Crippen molar-refractivity contribution in [1.82, 2.24) is 29.6 Å². The highest BCUT2D eigenvalue weighted by Crippen LogP contribution is 2.35. The minimum Gasteiger partial charge on any atom is -0.372 e. The molecule has 0 bridgehead atoms. The van der Waals surface area contributed by atoms with Crippen molar-refractivity contribution >= 4 is 34.4 Å². The van der Waals surface area contributed by atoms with E-state index in [4.69, 9.17) is 16.3 Å². The molecule has 0 saturated carbocycles. The van der Waals surface area contributed by atoms with E-state index in [2.05, 4.69) is 15.1 Å². The van der Waals surface area contributed by atoms with Gasteiger partial charge in [0.05, 0.1) is 40.1 Å². The summed E-state index contributed by atoms with van der Waals surface area (Å²) >= 11 is 5.81. The zero-order chi connectivity index (χ0) is 25.2. The maximum Gasteiger partial charge on any atom is 0.418 e. The molecule has 0 aromatic carbocycles. The third-order valence-corrected chi connectivity index (χ3v) is 6.05. The molecule has 1 N–H and O–H groups in total. The van der Waals surface area contributed by atoms with Crippen LogP contribution in [0.5, 0.6) is 0 Å². The van der Waals surface area contributed by atoms with Gasteiger partial charge in [0.1, 0.15) is 6.61 Å². The van der Waals surface area contributed by atoms with Gasteiger partial charge in [-0.1, -0.05) is 11.6 Å². The Kier molecular flexibility index (Phi) is 7.26. The van der Waals surface area contributed by atoms with E-state index in [9.17, 15) is 22.8 Å². The fourth-order valence-corrected chi connectivity index (χ4v) is 4.06. The van der Waals surface area contributed by atoms with Gasteiger partial charge in [0.25, 0.3) is 5.56 Å². The molecule has 0 spiro atoms. The van der Waals surface area contributed by atoms with Crippen molar-refractivity contribution < 1.29 is 22.7 Å². The first-order valence-corrected chi connectivity index (χ1v) is 11.3. The fraction of sp³-hybridized carbons (Fsp3) is 0.476. The molecule has 14 heteroatoms. The number of hydrogen-bond acceptors (Lipinski definition) is 7. The molecule has 10 nitrogen and oxygen atoms in total. The average molecular weight is 514 g/mol. The number of hydrogen-bond donors (Lipinski definition) is 1. The van der Waals surface area contributed by atoms with E-state index in [1.807, 2.05) is 10.00 Å². The molecular formula is C21H23ClF3N7O3. The monoisotopic (exact) mass is 513 g/mol. The first kappa shape index (κ1) is 24.9. The first-order chi connectivity index (χ1) is 16.6. The van der Waals surface area contributed by atoms with Crippen LogP contribution in [0.15, 0.2) is 29.6 Å². The Morgan fingerprint density at radius 3 is 2.54 bits per heavy atom. The predicted octanol–water partition coefficient (Wildman–Crippen LogP) is 2.50. The lowest BCUT2D eigenvalue weighted by Gasteiger charge is -2.34. The summed E-state index contributed by atoms with van der Waals surface area (Å²) in [5, 5.41) is 5.68. The Morgan fingerprint density at radius 2 is 1.89 bits per heavy atom. The molecule has 3 aromatic heterocycles. The van der Waals surface area contributed by atoms with Crippen LogP contribution in [0.3, 0.4) is 0 Å². The van der Waals surface area contributed by atoms with Crippen LogP contribution in [0.4, 0.5) is 19.1 Å². The number of alkyl halides is 3. The van der Waals surface area contributed by atoms with Crippen molar-refractivity contribution in [3.05, 3.63) is 45.7 Å². The van der Waals surface area contributed by atoms with Crippen LogP contribution in [0.25, 0.3) is 10.9 Å². The molecule has 1 unspecified atom stereocenters. The molecule has 0 radical (unpaired) electrons. The summed E-state index contributed by atoms with van der Waals surface area (Å²) < 4.78 is 47.1. The van der Waals surface area contributed by atoms with Crippen molar-refractivity contribution in [1.29, 1.82) is 0 Å². The van der Waals surface area contributed by atoms with Crippen molar-refractivity contribution in [3.8, 4) is 0 Å². The SMILES string of the molecule is CC(CCOCC(=O)N1CCN(c2ncc(Cl)cn2)CC1)n1cc(C(F)(F)F)c2c(=O)[nH]ncc21. The number of carbonyl (C=O) groups excluding carboxylic acids is 1. The number of H-pyrrole nitrogens is 1. The molecule has 1 atom stereocenters. The highest BCUT2D eigenvalue weighted by Gasteiger charge is 2.36. The van der Waals surface area contributed by atoms with E-state index in [0.717, 1.165) is 6.20 Å². The maximum absolute atomic E-state index is 13.4. The zero-order valence-corrected chi connectivity index (χ0v) is 19.5. The molecule has 1 fully saturated rings. The number of ether oxygens (including phenoxy) is 1. The van der Waals surface area contributed by atoms with Crippen molar-refractivity contribution in [2.75, 3.05) is 44.3 Å². The molecular weight excluding hydrogens is 491 g/mol. The van der Waals surface area contributed by atoms with Crippen LogP contribution < -0.4 is 10.5 Å². The van der Waals surface area contributed by atoms with Gasteiger partial charge in [-0.05, 0) is 13.3 Å². The molecule has 1 saturated heterocycles. The van der Waals surface area contributed by atoms with Gasteiger partial charge in [0, 0.05) is 45.0 Å². The summed E-state index contributed by atoms with van der Waals surface area (Å²) in [6.45, 7) is 3.85. The fourth-order valence-electron chi connectivity index (χ4n) is 3.97. The van der Waals surface area contributed by atoms with Crippen LogP contribution in [0.1, 0.15) is 24.9 Å². The summed E-state index contributed by atoms with van der Waals surface area (Å²) in [6.07, 6.45) is 0.812. The number of halogens is 4. The standard InChI is InChI=1S/C21H23ClF3N7O3/c1-13(32-11-15(21(23,24)25)18-16(32)10-28-29-19(18)34)2-7-35-12-17(33)30-3-5-31(6-4-30)20-26-8-14(22)9-27-20/h8-11,13H,2-7,12H2,1H3,(H,29,34). The van der Waals surface area contributed by atoms with E-state index >= 15 is 0 Å². The van der Waals surface area contributed by atoms with E-state index in [0.29, 0.717) is 43.6 Å². The van der Waals surface area contributed by atoms with Gasteiger partial charge < -0.3 is 19.1 Å². The van der Waals surface area contributed by atoms with E-state index < -0.39 is 28.7 Å². The summed E-state index contributed by atoms with van der Waals surface area (Å²) in [7, 11) is 0. The van der Waals surface area contributed by atoms with Crippen molar-refractivity contribution in [2.45, 2.75) is 25.6 Å². The van der Waals surface area contributed by atoms with Gasteiger partial charge in [0.15, 0.2) is 0 Å². The Bertz CT molecular complexity index is 1240. The number of aromatic amines is 1. The third kappa shape index (κ3) is 5.56. The lowest BCUT2D eigenvalue weighted by atomic mass is 10.2. The number of carbonyl (C=O) groups is 1. The summed E-state index contributed by atoms with van der Waals surface area (Å²) in [6, 6.07) is -0.421. The predicted molar refractivity (Wildman–Crippen MR) is 121 cm³/mol. The first-order valence-electron chi connectivity index (χ1n) is 10.9. The molecule has 1 amide bonds. The number of fused-ring (bicyclic) bond motifs is 1. The molecule has 1 aliphatic heterocycles. The second-order valence-corrected chi connectivity index (χ2v) is 8.60. The van der Waals surface area contributed by atoms with Crippen LogP contribution in [0, 0.1) is 0 Å². The number of rotatable bonds is 7. The van der Waals surface area contributed by atoms with Gasteiger partial charge in [-0.3, -0.25) is 9.59 Å². The number of piperazine rings is 1. The number of anilines is 1. The minimum absolute atomic E-state index is 0.0900. The number of nitrogens with zero attached hydrogens (tertiary/aromatic N) is 6. The topological polar surface area (TPSA) is 109 Å². The van der Waals surface area contributed by atoms with Gasteiger partial charge >= 0.3 is 6.18 Å². The minimum atomic E-state index is -4.68. The number of amides is 1. The number of aromatic nitrogens is 5. The molecule has 4 heterocycles. The van der Waals surface area contributed by atoms with E-state index in [1.54, 1.807) is 11.8 Å². The van der Waals surface area contributed by atoms with Crippen LogP contribution in [-0.2, 0) is 15.7 Å². The maximum atomic E-state index is 13.4. The Morgan fingerprint density at radius 1 is 1.20 bits per heavy atom. The highest BCUT2D eigenvalue weighted by molar-refractivity contribution is 6.30. The second kappa shape index (κ2) is 10.2. The Labute approximate surface area is 202 Å². The smallest absolute Gasteiger partial charge is 0.372 e. The van der Waals surface area contributed by atoms with Gasteiger partial charge in [-0.2, -0.15) is 18.3 Å². The molecule has 35 heavy (non-hydrogen) atoms. The summed E-state index contributed by atoms with van der Waals surface area (Å²) in [5.41, 5.74) is -1.82. The molecule has 0 aliphatic carbocycles. The summed E-state index contributed by atoms with van der Waals surface area (Å²) in [4.78, 5) is 36.5. The molecule has 4 rings (SSSR count). The van der Waals surface area contributed by atoms with Crippen LogP contribution in [0.2, 0.25) is 5.02 Å². The van der Waals surface area contributed by atoms with Crippen molar-refractivity contribution in [3.63, 3.8) is 0 Å². The normalized spacial score (nSPS) is 15.6. The molecule has 188 valence electrons. The third-order valence-electron chi connectivity index (χ3n) is 5.86. The lowest BCUT2D eigenvalue weighted by molar-refractivity contribution is -0.137. The van der Waals surface area contributed by atoms with E-state index in [-0.39, 0.29) is 24.6 Å². The lowest BCUT2D eigenvalue weighted by Crippen LogP contribution is -2.50. The largest absolute Gasteiger partial charge is 0.418 e. The molecule has 3 aromatic rings. The van der Waals surface area contributed by atoms with Crippen molar-refractivity contribution in [2.24, 2.45) is 0 Å². The quantitative estimate of drug-likeness (QED) is 0.483. The van der Waals surface area contributed by atoms with Crippen LogP contribution >= 0.6 is 11.6 Å². The van der Waals surface area contributed by atoms with Gasteiger partial charge in [0.2, 0.25) is 11.9 Å². The Hall–Kier alpha value is -3.19. The van der Waals surface area contributed by atoms with E-state index in [1.165, 1.54) is 23.2 Å². The zero-order valence-electron chi connectivity index (χ0n) is 18.8.